The van der Waals surface area contributed by atoms with Gasteiger partial charge < -0.3 is 5.11 Å². The van der Waals surface area contributed by atoms with E-state index in [0.29, 0.717) is 12.2 Å². The number of benzene rings is 1. The molecule has 1 aromatic carbocycles. The number of halogens is 1. The van der Waals surface area contributed by atoms with Gasteiger partial charge in [-0.05, 0) is 31.2 Å². The fourth-order valence-electron chi connectivity index (χ4n) is 2.47. The van der Waals surface area contributed by atoms with Crippen LogP contribution in [0.2, 0.25) is 0 Å². The van der Waals surface area contributed by atoms with Crippen LogP contribution in [0.15, 0.2) is 48.9 Å². The smallest absolute Gasteiger partial charge is 0.166 e. The van der Waals surface area contributed by atoms with Crippen LogP contribution in [0.3, 0.4) is 0 Å². The molecule has 5 heteroatoms. The van der Waals surface area contributed by atoms with Crippen LogP contribution in [-0.2, 0) is 0 Å². The number of anilines is 1. The molecule has 0 saturated carbocycles. The molecule has 0 bridgehead atoms. The van der Waals surface area contributed by atoms with Crippen molar-refractivity contribution in [2.45, 2.75) is 6.92 Å². The van der Waals surface area contributed by atoms with E-state index in [9.17, 15) is 9.50 Å². The maximum absolute atomic E-state index is 14.0. The molecule has 0 radical (unpaired) electrons. The summed E-state index contributed by atoms with van der Waals surface area (Å²) in [6.45, 7) is 2.25. The average molecular weight is 285 g/mol. The Balaban J connectivity index is 2.14. The van der Waals surface area contributed by atoms with Crippen molar-refractivity contribution in [3.8, 4) is 0 Å². The summed E-state index contributed by atoms with van der Waals surface area (Å²) >= 11 is 0. The first kappa shape index (κ1) is 13.6. The van der Waals surface area contributed by atoms with Gasteiger partial charge in [0.05, 0.1) is 30.6 Å². The number of aromatic nitrogens is 2. The van der Waals surface area contributed by atoms with Gasteiger partial charge in [-0.3, -0.25) is 14.7 Å². The predicted octanol–water partition coefficient (Wildman–Crippen LogP) is 2.75. The Labute approximate surface area is 122 Å². The molecule has 21 heavy (non-hydrogen) atoms. The summed E-state index contributed by atoms with van der Waals surface area (Å²) in [5.41, 5.74) is 2.52. The van der Waals surface area contributed by atoms with Crippen LogP contribution >= 0.6 is 0 Å². The van der Waals surface area contributed by atoms with Crippen LogP contribution in [0, 0.1) is 12.7 Å². The Bertz CT molecular complexity index is 769. The van der Waals surface area contributed by atoms with Crippen molar-refractivity contribution in [3.63, 3.8) is 0 Å². The van der Waals surface area contributed by atoms with Crippen LogP contribution in [0.5, 0.6) is 0 Å². The third-order valence-electron chi connectivity index (χ3n) is 3.43. The van der Waals surface area contributed by atoms with Gasteiger partial charge in [0.2, 0.25) is 0 Å². The van der Waals surface area contributed by atoms with Crippen molar-refractivity contribution in [1.29, 1.82) is 0 Å². The molecule has 0 unspecified atom stereocenters. The van der Waals surface area contributed by atoms with E-state index in [-0.39, 0.29) is 6.61 Å². The van der Waals surface area contributed by atoms with Crippen LogP contribution in [0.4, 0.5) is 10.1 Å². The predicted molar refractivity (Wildman–Crippen MR) is 80.7 cm³/mol. The van der Waals surface area contributed by atoms with E-state index in [1.165, 1.54) is 11.8 Å². The zero-order valence-corrected chi connectivity index (χ0v) is 11.7. The molecule has 2 heterocycles. The van der Waals surface area contributed by atoms with Crippen LogP contribution < -0.4 is 5.01 Å². The highest BCUT2D eigenvalue weighted by Crippen LogP contribution is 2.24. The number of rotatable bonds is 4. The normalized spacial score (nSPS) is 11.0. The lowest BCUT2D eigenvalue weighted by atomic mass is 10.2. The van der Waals surface area contributed by atoms with E-state index in [1.807, 2.05) is 36.0 Å². The molecule has 0 aliphatic heterocycles. The van der Waals surface area contributed by atoms with Gasteiger partial charge in [0, 0.05) is 17.8 Å². The molecule has 0 atom stereocenters. The van der Waals surface area contributed by atoms with E-state index in [0.717, 1.165) is 10.9 Å². The van der Waals surface area contributed by atoms with Crippen LogP contribution in [-0.4, -0.2) is 27.9 Å². The molecule has 4 nitrogen and oxygen atoms in total. The van der Waals surface area contributed by atoms with Gasteiger partial charge in [-0.15, -0.1) is 0 Å². The number of aryl methyl sites for hydroxylation is 1. The van der Waals surface area contributed by atoms with Crippen LogP contribution in [0.1, 0.15) is 5.56 Å². The second kappa shape index (κ2) is 5.54. The van der Waals surface area contributed by atoms with Gasteiger partial charge in [-0.1, -0.05) is 11.6 Å². The molecule has 0 spiro atoms. The minimum absolute atomic E-state index is 0.0761. The van der Waals surface area contributed by atoms with Crippen molar-refractivity contribution in [3.05, 3.63) is 60.3 Å². The van der Waals surface area contributed by atoms with Crippen molar-refractivity contribution in [1.82, 2.24) is 9.66 Å². The Morgan fingerprint density at radius 1 is 1.29 bits per heavy atom. The topological polar surface area (TPSA) is 41.3 Å². The highest BCUT2D eigenvalue weighted by Gasteiger charge is 2.14. The average Bonchev–Trinajstić information content (AvgIpc) is 2.88. The van der Waals surface area contributed by atoms with Crippen molar-refractivity contribution in [2.75, 3.05) is 18.2 Å². The second-order valence-electron chi connectivity index (χ2n) is 4.90. The summed E-state index contributed by atoms with van der Waals surface area (Å²) in [4.78, 5) is 3.77. The second-order valence-corrected chi connectivity index (χ2v) is 4.90. The molecule has 0 aliphatic rings. The molecule has 108 valence electrons. The van der Waals surface area contributed by atoms with E-state index in [1.54, 1.807) is 17.3 Å². The summed E-state index contributed by atoms with van der Waals surface area (Å²) in [5.74, 6) is -0.417. The summed E-state index contributed by atoms with van der Waals surface area (Å²) in [6.07, 6.45) is 4.59. The summed E-state index contributed by atoms with van der Waals surface area (Å²) < 4.78 is 15.9. The maximum Gasteiger partial charge on any atom is 0.166 e. The molecule has 0 fully saturated rings. The van der Waals surface area contributed by atoms with Crippen LogP contribution in [0.25, 0.3) is 10.9 Å². The zero-order valence-electron chi connectivity index (χ0n) is 11.7. The fraction of sp³-hybridized carbons (Fsp3) is 0.188. The number of hydrogen-bond acceptors (Lipinski definition) is 3. The standard InChI is InChI=1S/C16H16FN3O/c1-12-2-3-15-13(10-12)5-7-19(15)20(8-9-21)16-4-6-18-11-14(16)17/h2-7,10-11,21H,8-9H2,1H3. The number of aliphatic hydroxyl groups excluding tert-OH is 1. The number of nitrogens with zero attached hydrogens (tertiary/aromatic N) is 3. The van der Waals surface area contributed by atoms with Gasteiger partial charge in [0.25, 0.3) is 0 Å². The lowest BCUT2D eigenvalue weighted by Gasteiger charge is -2.26. The Morgan fingerprint density at radius 2 is 2.14 bits per heavy atom. The van der Waals surface area contributed by atoms with E-state index < -0.39 is 5.82 Å². The molecule has 3 aromatic rings. The highest BCUT2D eigenvalue weighted by molar-refractivity contribution is 5.81. The summed E-state index contributed by atoms with van der Waals surface area (Å²) in [7, 11) is 0. The Kier molecular flexibility index (Phi) is 3.58. The largest absolute Gasteiger partial charge is 0.394 e. The molecule has 3 rings (SSSR count). The Hall–Kier alpha value is -2.40. The van der Waals surface area contributed by atoms with Crippen molar-refractivity contribution < 1.29 is 9.50 Å². The van der Waals surface area contributed by atoms with Crippen molar-refractivity contribution in [2.24, 2.45) is 0 Å². The minimum atomic E-state index is -0.417. The molecule has 0 amide bonds. The third-order valence-corrected chi connectivity index (χ3v) is 3.43. The number of pyridine rings is 1. The first-order valence-corrected chi connectivity index (χ1v) is 6.76. The van der Waals surface area contributed by atoms with E-state index in [2.05, 4.69) is 11.1 Å². The molecule has 0 saturated heterocycles. The fourth-order valence-corrected chi connectivity index (χ4v) is 2.47. The molecule has 0 aliphatic carbocycles. The molecular formula is C16H16FN3O. The van der Waals surface area contributed by atoms with E-state index in [4.69, 9.17) is 0 Å². The monoisotopic (exact) mass is 285 g/mol. The van der Waals surface area contributed by atoms with Gasteiger partial charge in [-0.25, -0.2) is 4.39 Å². The van der Waals surface area contributed by atoms with Gasteiger partial charge >= 0.3 is 0 Å². The molecular weight excluding hydrogens is 269 g/mol. The lowest BCUT2D eigenvalue weighted by Crippen LogP contribution is -2.32. The summed E-state index contributed by atoms with van der Waals surface area (Å²) in [6, 6.07) is 9.66. The van der Waals surface area contributed by atoms with Gasteiger partial charge in [-0.2, -0.15) is 0 Å². The van der Waals surface area contributed by atoms with Gasteiger partial charge in [0.15, 0.2) is 5.82 Å². The molecule has 1 N–H and O–H groups in total. The zero-order chi connectivity index (χ0) is 14.8. The minimum Gasteiger partial charge on any atom is -0.394 e. The SMILES string of the molecule is Cc1ccc2c(ccn2N(CCO)c2ccncc2F)c1. The highest BCUT2D eigenvalue weighted by atomic mass is 19.1. The summed E-state index contributed by atoms with van der Waals surface area (Å²) in [5, 5.41) is 12.1. The quantitative estimate of drug-likeness (QED) is 0.801. The van der Waals surface area contributed by atoms with Gasteiger partial charge in [0.1, 0.15) is 0 Å². The lowest BCUT2D eigenvalue weighted by molar-refractivity contribution is 0.298. The Morgan fingerprint density at radius 3 is 2.90 bits per heavy atom. The van der Waals surface area contributed by atoms with E-state index >= 15 is 0 Å². The third kappa shape index (κ3) is 2.48. The maximum atomic E-state index is 14.0. The first-order chi connectivity index (χ1) is 10.2. The number of aliphatic hydroxyl groups is 1. The number of fused-ring (bicyclic) bond motifs is 1. The molecule has 2 aromatic heterocycles. The first-order valence-electron chi connectivity index (χ1n) is 6.76. The van der Waals surface area contributed by atoms with Crippen molar-refractivity contribution >= 4 is 16.6 Å². The number of hydrogen-bond donors (Lipinski definition) is 1.